The van der Waals surface area contributed by atoms with E-state index in [0.717, 1.165) is 5.56 Å². The molecule has 1 rings (SSSR count). The van der Waals surface area contributed by atoms with E-state index in [1.54, 1.807) is 12.1 Å². The second-order valence-corrected chi connectivity index (χ2v) is 2.21. The van der Waals surface area contributed by atoms with Crippen LogP contribution in [-0.2, 0) is 11.3 Å². The maximum absolute atomic E-state index is 10.2. The van der Waals surface area contributed by atoms with E-state index in [1.165, 1.54) is 12.1 Å². The van der Waals surface area contributed by atoms with E-state index < -0.39 is 4.92 Å². The average Bonchev–Trinajstić information content (AvgIpc) is 2.06. The van der Waals surface area contributed by atoms with Crippen molar-refractivity contribution >= 4 is 5.69 Å². The van der Waals surface area contributed by atoms with Crippen LogP contribution < -0.4 is 0 Å². The molecular formula is C8H6NO3. The minimum absolute atomic E-state index is 0.0451. The zero-order valence-corrected chi connectivity index (χ0v) is 6.19. The number of nitro groups is 1. The van der Waals surface area contributed by atoms with Crippen molar-refractivity contribution in [2.45, 2.75) is 6.61 Å². The van der Waals surface area contributed by atoms with Crippen molar-refractivity contribution in [3.05, 3.63) is 47.1 Å². The van der Waals surface area contributed by atoms with E-state index in [2.05, 4.69) is 4.74 Å². The van der Waals surface area contributed by atoms with E-state index >= 15 is 0 Å². The number of non-ortho nitro benzene ring substituents is 1. The molecule has 61 valence electrons. The molecule has 0 aliphatic rings. The molecule has 0 fully saturated rings. The fourth-order valence-corrected chi connectivity index (χ4v) is 0.797. The van der Waals surface area contributed by atoms with Gasteiger partial charge in [-0.3, -0.25) is 10.1 Å². The molecular weight excluding hydrogens is 158 g/mol. The third kappa shape index (κ3) is 2.03. The number of benzene rings is 1. The number of hydrogen-bond donors (Lipinski definition) is 0. The van der Waals surface area contributed by atoms with Crippen LogP contribution >= 0.6 is 0 Å². The predicted molar refractivity (Wildman–Crippen MR) is 41.1 cm³/mol. The molecule has 1 aromatic carbocycles. The van der Waals surface area contributed by atoms with Crippen LogP contribution in [0.25, 0.3) is 0 Å². The number of nitrogens with zero attached hydrogens (tertiary/aromatic N) is 1. The Morgan fingerprint density at radius 2 is 2.00 bits per heavy atom. The van der Waals surface area contributed by atoms with Gasteiger partial charge in [0.25, 0.3) is 5.69 Å². The zero-order valence-electron chi connectivity index (χ0n) is 6.19. The van der Waals surface area contributed by atoms with Gasteiger partial charge in [-0.2, -0.15) is 0 Å². The molecule has 0 saturated carbocycles. The summed E-state index contributed by atoms with van der Waals surface area (Å²) in [5.41, 5.74) is 0.791. The van der Waals surface area contributed by atoms with Crippen molar-refractivity contribution in [2.75, 3.05) is 0 Å². The maximum atomic E-state index is 10.2. The van der Waals surface area contributed by atoms with Crippen LogP contribution in [0.5, 0.6) is 0 Å². The normalized spacial score (nSPS) is 9.75. The Hall–Kier alpha value is -1.42. The van der Waals surface area contributed by atoms with Crippen molar-refractivity contribution < 1.29 is 9.66 Å². The van der Waals surface area contributed by atoms with Gasteiger partial charge < -0.3 is 4.74 Å². The molecule has 12 heavy (non-hydrogen) atoms. The minimum Gasteiger partial charge on any atom is -0.360 e. The highest BCUT2D eigenvalue weighted by Crippen LogP contribution is 2.12. The molecule has 0 saturated heterocycles. The summed E-state index contributed by atoms with van der Waals surface area (Å²) in [6.45, 7) is 0.151. The number of nitro benzene ring substituents is 1. The molecule has 4 nitrogen and oxygen atoms in total. The van der Waals surface area contributed by atoms with Crippen molar-refractivity contribution in [1.82, 2.24) is 0 Å². The Bertz CT molecular complexity index is 268. The number of ether oxygens (including phenoxy) is 1. The molecule has 0 heterocycles. The molecule has 0 amide bonds. The quantitative estimate of drug-likeness (QED) is 0.504. The summed E-state index contributed by atoms with van der Waals surface area (Å²) in [7, 11) is 6.44. The van der Waals surface area contributed by atoms with E-state index in [9.17, 15) is 10.1 Å². The first kappa shape index (κ1) is 8.67. The first-order valence-corrected chi connectivity index (χ1v) is 3.26. The van der Waals surface area contributed by atoms with Gasteiger partial charge in [-0.05, 0) is 17.7 Å². The molecule has 0 aromatic heterocycles. The summed E-state index contributed by atoms with van der Waals surface area (Å²) in [5, 5.41) is 10.2. The van der Waals surface area contributed by atoms with Crippen LogP contribution in [-0.4, -0.2) is 4.92 Å². The van der Waals surface area contributed by atoms with E-state index in [0.29, 0.717) is 0 Å². The molecule has 4 heteroatoms. The Morgan fingerprint density at radius 3 is 2.42 bits per heavy atom. The van der Waals surface area contributed by atoms with Crippen LogP contribution in [0.4, 0.5) is 5.69 Å². The molecule has 0 unspecified atom stereocenters. The third-order valence-corrected chi connectivity index (χ3v) is 1.39. The van der Waals surface area contributed by atoms with Crippen LogP contribution in [0.3, 0.4) is 0 Å². The molecule has 0 aliphatic heterocycles. The lowest BCUT2D eigenvalue weighted by atomic mass is 10.2. The monoisotopic (exact) mass is 164 g/mol. The first-order chi connectivity index (χ1) is 5.74. The standard InChI is InChI=1S/C8H6NO3/c1-12-6-7-2-4-8(5-3-7)9(10)11/h2-5H,6H2. The average molecular weight is 164 g/mol. The Labute approximate surface area is 69.9 Å². The highest BCUT2D eigenvalue weighted by Gasteiger charge is 2.02. The molecule has 0 N–H and O–H groups in total. The van der Waals surface area contributed by atoms with Gasteiger partial charge in [0.05, 0.1) is 11.5 Å². The first-order valence-electron chi connectivity index (χ1n) is 3.26. The van der Waals surface area contributed by atoms with Gasteiger partial charge in [0.15, 0.2) is 7.11 Å². The smallest absolute Gasteiger partial charge is 0.269 e. The van der Waals surface area contributed by atoms with Crippen LogP contribution in [0.1, 0.15) is 5.56 Å². The Kier molecular flexibility index (Phi) is 2.76. The predicted octanol–water partition coefficient (Wildman–Crippen LogP) is 1.66. The SMILES string of the molecule is [C]OCc1ccc([N+](=O)[O-])cc1. The summed E-state index contributed by atoms with van der Waals surface area (Å²) < 4.78 is 4.11. The van der Waals surface area contributed by atoms with Gasteiger partial charge in [-0.25, -0.2) is 0 Å². The van der Waals surface area contributed by atoms with Crippen LogP contribution in [0, 0.1) is 17.2 Å². The lowest BCUT2D eigenvalue weighted by molar-refractivity contribution is -0.384. The van der Waals surface area contributed by atoms with Crippen molar-refractivity contribution in [2.24, 2.45) is 0 Å². The van der Waals surface area contributed by atoms with Gasteiger partial charge in [0.2, 0.25) is 0 Å². The van der Waals surface area contributed by atoms with Gasteiger partial charge in [-0.1, -0.05) is 0 Å². The second-order valence-electron chi connectivity index (χ2n) is 2.21. The highest BCUT2D eigenvalue weighted by molar-refractivity contribution is 5.32. The van der Waals surface area contributed by atoms with Crippen molar-refractivity contribution in [3.63, 3.8) is 0 Å². The topological polar surface area (TPSA) is 52.4 Å². The number of hydrogen-bond acceptors (Lipinski definition) is 3. The van der Waals surface area contributed by atoms with Gasteiger partial charge in [0, 0.05) is 12.1 Å². The molecule has 0 spiro atoms. The lowest BCUT2D eigenvalue weighted by Gasteiger charge is -1.96. The summed E-state index contributed by atoms with van der Waals surface area (Å²) in [4.78, 5) is 9.74. The van der Waals surface area contributed by atoms with Gasteiger partial charge in [0.1, 0.15) is 0 Å². The zero-order chi connectivity index (χ0) is 8.97. The molecule has 1 aromatic rings. The molecule has 0 aliphatic carbocycles. The Balaban J connectivity index is 2.78. The summed E-state index contributed by atoms with van der Waals surface area (Å²) in [6, 6.07) is 5.89. The summed E-state index contributed by atoms with van der Waals surface area (Å²) in [6.07, 6.45) is 0. The fourth-order valence-electron chi connectivity index (χ4n) is 0.797. The van der Waals surface area contributed by atoms with E-state index in [4.69, 9.17) is 7.11 Å². The maximum Gasteiger partial charge on any atom is 0.269 e. The van der Waals surface area contributed by atoms with Crippen molar-refractivity contribution in [3.8, 4) is 0 Å². The second kappa shape index (κ2) is 3.82. The molecule has 0 bridgehead atoms. The molecule has 0 atom stereocenters. The van der Waals surface area contributed by atoms with Crippen LogP contribution in [0.2, 0.25) is 0 Å². The Morgan fingerprint density at radius 1 is 1.42 bits per heavy atom. The van der Waals surface area contributed by atoms with E-state index in [-0.39, 0.29) is 12.3 Å². The summed E-state index contributed by atoms with van der Waals surface area (Å²) >= 11 is 0. The summed E-state index contributed by atoms with van der Waals surface area (Å²) in [5.74, 6) is 0. The highest BCUT2D eigenvalue weighted by atomic mass is 16.6. The van der Waals surface area contributed by atoms with Crippen molar-refractivity contribution in [1.29, 1.82) is 0 Å². The van der Waals surface area contributed by atoms with Gasteiger partial charge in [-0.15, -0.1) is 0 Å². The fraction of sp³-hybridized carbons (Fsp3) is 0.125. The van der Waals surface area contributed by atoms with Gasteiger partial charge >= 0.3 is 0 Å². The largest absolute Gasteiger partial charge is 0.360 e. The molecule has 3 radical (unpaired) electrons. The minimum atomic E-state index is -0.467. The lowest BCUT2D eigenvalue weighted by Crippen LogP contribution is -1.89. The van der Waals surface area contributed by atoms with Crippen LogP contribution in [0.15, 0.2) is 24.3 Å². The third-order valence-electron chi connectivity index (χ3n) is 1.39. The van der Waals surface area contributed by atoms with E-state index in [1.807, 2.05) is 0 Å². The number of rotatable bonds is 3.